The van der Waals surface area contributed by atoms with Gasteiger partial charge in [0.15, 0.2) is 0 Å². The minimum atomic E-state index is -0.951. The van der Waals surface area contributed by atoms with Crippen LogP contribution in [0.4, 0.5) is 4.39 Å². The normalized spacial score (nSPS) is 14.3. The van der Waals surface area contributed by atoms with Crippen molar-refractivity contribution in [3.8, 4) is 17.1 Å². The van der Waals surface area contributed by atoms with E-state index in [0.29, 0.717) is 30.1 Å². The van der Waals surface area contributed by atoms with Gasteiger partial charge >= 0.3 is 0 Å². The first-order valence-corrected chi connectivity index (χ1v) is 14.2. The minimum absolute atomic E-state index is 0.0427. The van der Waals surface area contributed by atoms with Crippen LogP contribution in [0.5, 0.6) is 5.75 Å². The first-order valence-electron chi connectivity index (χ1n) is 14.2. The molecular weight excluding hydrogens is 539 g/mol. The lowest BCUT2D eigenvalue weighted by atomic mass is 9.94. The maximum atomic E-state index is 13.9. The number of imidazole rings is 1. The first kappa shape index (κ1) is 28.9. The number of aryl methyl sites for hydroxylation is 1. The molecule has 1 unspecified atom stereocenters. The van der Waals surface area contributed by atoms with E-state index in [1.54, 1.807) is 48.8 Å². The smallest absolute Gasteiger partial charge is 0.247 e. The quantitative estimate of drug-likeness (QED) is 0.273. The van der Waals surface area contributed by atoms with E-state index in [4.69, 9.17) is 4.74 Å². The molecule has 0 saturated heterocycles. The summed E-state index contributed by atoms with van der Waals surface area (Å²) in [6, 6.07) is 12.0. The average Bonchev–Trinajstić information content (AvgIpc) is 3.71. The fraction of sp³-hybridized carbons (Fsp3) is 0.400. The zero-order chi connectivity index (χ0) is 29.3. The Morgan fingerprint density at radius 1 is 1.10 bits per heavy atom. The second kappa shape index (κ2) is 13.8. The Balaban J connectivity index is 1.39. The number of nitrogens with zero attached hydrogens (tertiary/aromatic N) is 7. The number of carbonyl (C=O) groups is 2. The van der Waals surface area contributed by atoms with Crippen molar-refractivity contribution < 1.29 is 18.7 Å². The van der Waals surface area contributed by atoms with Crippen molar-refractivity contribution in [2.75, 3.05) is 13.7 Å². The van der Waals surface area contributed by atoms with E-state index in [1.807, 2.05) is 22.9 Å². The predicted octanol–water partition coefficient (Wildman–Crippen LogP) is 3.79. The van der Waals surface area contributed by atoms with Gasteiger partial charge in [0.05, 0.1) is 13.4 Å². The van der Waals surface area contributed by atoms with E-state index in [0.717, 1.165) is 37.7 Å². The second-order valence-corrected chi connectivity index (χ2v) is 10.4. The summed E-state index contributed by atoms with van der Waals surface area (Å²) in [4.78, 5) is 34.6. The molecule has 1 saturated carbocycles. The number of methoxy groups -OCH3 is 1. The van der Waals surface area contributed by atoms with E-state index in [1.165, 1.54) is 16.9 Å². The molecule has 12 heteroatoms. The molecule has 1 aliphatic rings. The monoisotopic (exact) mass is 574 g/mol. The van der Waals surface area contributed by atoms with Gasteiger partial charge in [-0.1, -0.05) is 31.4 Å². The molecule has 0 radical (unpaired) electrons. The third kappa shape index (κ3) is 7.36. The summed E-state index contributed by atoms with van der Waals surface area (Å²) in [7, 11) is 1.59. The molecule has 1 N–H and O–H groups in total. The Hall–Kier alpha value is -4.61. The van der Waals surface area contributed by atoms with Crippen molar-refractivity contribution in [2.24, 2.45) is 0 Å². The molecule has 220 valence electrons. The lowest BCUT2D eigenvalue weighted by Gasteiger charge is -2.33. The molecule has 1 atom stereocenters. The van der Waals surface area contributed by atoms with Crippen molar-refractivity contribution >= 4 is 11.8 Å². The van der Waals surface area contributed by atoms with Crippen LogP contribution in [0.25, 0.3) is 11.4 Å². The maximum absolute atomic E-state index is 13.9. The number of rotatable bonds is 12. The third-order valence-corrected chi connectivity index (χ3v) is 7.47. The molecule has 0 spiro atoms. The van der Waals surface area contributed by atoms with Crippen LogP contribution < -0.4 is 10.1 Å². The highest BCUT2D eigenvalue weighted by atomic mass is 19.1. The van der Waals surface area contributed by atoms with Crippen LogP contribution in [0.1, 0.15) is 50.1 Å². The van der Waals surface area contributed by atoms with Gasteiger partial charge in [0.25, 0.3) is 0 Å². The van der Waals surface area contributed by atoms with Crippen molar-refractivity contribution in [1.29, 1.82) is 0 Å². The third-order valence-electron chi connectivity index (χ3n) is 7.47. The van der Waals surface area contributed by atoms with Crippen LogP contribution in [0, 0.1) is 5.82 Å². The van der Waals surface area contributed by atoms with E-state index < -0.39 is 11.9 Å². The Kier molecular flexibility index (Phi) is 9.52. The largest absolute Gasteiger partial charge is 0.497 e. The van der Waals surface area contributed by atoms with Gasteiger partial charge in [-0.2, -0.15) is 4.80 Å². The Morgan fingerprint density at radius 3 is 2.55 bits per heavy atom. The number of halogens is 1. The molecular formula is C30H35FN8O3. The Morgan fingerprint density at radius 2 is 1.86 bits per heavy atom. The number of hydrogen-bond acceptors (Lipinski definition) is 7. The van der Waals surface area contributed by atoms with Crippen LogP contribution in [0.2, 0.25) is 0 Å². The summed E-state index contributed by atoms with van der Waals surface area (Å²) in [5.74, 6) is 0.0108. The maximum Gasteiger partial charge on any atom is 0.247 e. The summed E-state index contributed by atoms with van der Waals surface area (Å²) in [5.41, 5.74) is 1.26. The molecule has 4 aromatic rings. The fourth-order valence-electron chi connectivity index (χ4n) is 5.26. The lowest BCUT2D eigenvalue weighted by molar-refractivity contribution is -0.142. The zero-order valence-corrected chi connectivity index (χ0v) is 23.6. The van der Waals surface area contributed by atoms with Crippen LogP contribution in [0.15, 0.2) is 67.3 Å². The van der Waals surface area contributed by atoms with E-state index in [9.17, 15) is 14.0 Å². The Bertz CT molecular complexity index is 1430. The van der Waals surface area contributed by atoms with E-state index >= 15 is 0 Å². The van der Waals surface area contributed by atoms with Gasteiger partial charge in [0, 0.05) is 37.1 Å². The van der Waals surface area contributed by atoms with Crippen molar-refractivity contribution in [1.82, 2.24) is 40.0 Å². The molecule has 2 amide bonds. The van der Waals surface area contributed by atoms with Crippen molar-refractivity contribution in [3.63, 3.8) is 0 Å². The van der Waals surface area contributed by atoms with Gasteiger partial charge in [-0.15, -0.1) is 10.2 Å². The molecule has 1 fully saturated rings. The van der Waals surface area contributed by atoms with Gasteiger partial charge in [-0.25, -0.2) is 9.37 Å². The van der Waals surface area contributed by atoms with Crippen LogP contribution in [-0.4, -0.2) is 66.2 Å². The standard InChI is InChI=1S/C30H35FN8O3/c1-42-26-14-10-23(11-15-26)29-34-36-39(35-29)20-27(40)38(18-5-17-37-19-16-32-21-37)28(22-8-12-24(31)13-9-22)30(41)33-25-6-3-2-4-7-25/h8-16,19,21,25,28H,2-7,17-18,20H2,1H3,(H,33,41). The zero-order valence-electron chi connectivity index (χ0n) is 23.6. The summed E-state index contributed by atoms with van der Waals surface area (Å²) in [5, 5.41) is 15.8. The molecule has 2 aromatic carbocycles. The minimum Gasteiger partial charge on any atom is -0.497 e. The van der Waals surface area contributed by atoms with Gasteiger partial charge in [-0.05, 0) is 66.4 Å². The molecule has 42 heavy (non-hydrogen) atoms. The fourth-order valence-corrected chi connectivity index (χ4v) is 5.26. The average molecular weight is 575 g/mol. The van der Waals surface area contributed by atoms with Gasteiger partial charge in [-0.3, -0.25) is 9.59 Å². The first-order chi connectivity index (χ1) is 20.5. The second-order valence-electron chi connectivity index (χ2n) is 10.4. The van der Waals surface area contributed by atoms with Crippen molar-refractivity contribution in [3.05, 3.63) is 78.6 Å². The number of hydrogen-bond donors (Lipinski definition) is 1. The number of tetrazole rings is 1. The van der Waals surface area contributed by atoms with Crippen LogP contribution >= 0.6 is 0 Å². The molecule has 1 aliphatic carbocycles. The van der Waals surface area contributed by atoms with Gasteiger partial charge < -0.3 is 19.5 Å². The van der Waals surface area contributed by atoms with Gasteiger partial charge in [0.2, 0.25) is 17.6 Å². The highest BCUT2D eigenvalue weighted by Gasteiger charge is 2.33. The number of benzene rings is 2. The molecule has 11 nitrogen and oxygen atoms in total. The van der Waals surface area contributed by atoms with Gasteiger partial charge in [0.1, 0.15) is 24.2 Å². The summed E-state index contributed by atoms with van der Waals surface area (Å²) >= 11 is 0. The Labute approximate surface area is 243 Å². The summed E-state index contributed by atoms with van der Waals surface area (Å²) in [6.07, 6.45) is 10.9. The number of amides is 2. The topological polar surface area (TPSA) is 120 Å². The molecule has 0 bridgehead atoms. The SMILES string of the molecule is COc1ccc(-c2nnn(CC(=O)N(CCCn3ccnc3)C(C(=O)NC3CCCCC3)c3ccc(F)cc3)n2)cc1. The number of aromatic nitrogens is 6. The number of carbonyl (C=O) groups excluding carboxylic acids is 2. The van der Waals surface area contributed by atoms with Crippen LogP contribution in [-0.2, 0) is 22.7 Å². The molecule has 5 rings (SSSR count). The van der Waals surface area contributed by atoms with Crippen molar-refractivity contribution in [2.45, 2.75) is 63.7 Å². The number of ether oxygens (including phenoxy) is 1. The molecule has 2 heterocycles. The van der Waals surface area contributed by atoms with E-state index in [-0.39, 0.29) is 30.9 Å². The molecule has 0 aliphatic heterocycles. The predicted molar refractivity (Wildman–Crippen MR) is 153 cm³/mol. The van der Waals surface area contributed by atoms with Crippen LogP contribution in [0.3, 0.4) is 0 Å². The van der Waals surface area contributed by atoms with E-state index in [2.05, 4.69) is 25.7 Å². The highest BCUT2D eigenvalue weighted by molar-refractivity contribution is 5.89. The lowest BCUT2D eigenvalue weighted by Crippen LogP contribution is -2.48. The number of nitrogens with one attached hydrogen (secondary N) is 1. The highest BCUT2D eigenvalue weighted by Crippen LogP contribution is 2.25. The summed E-state index contributed by atoms with van der Waals surface area (Å²) in [6.45, 7) is 0.660. The summed E-state index contributed by atoms with van der Waals surface area (Å²) < 4.78 is 21.0. The molecule has 2 aromatic heterocycles.